The predicted molar refractivity (Wildman–Crippen MR) is 75.6 cm³/mol. The first-order valence-corrected chi connectivity index (χ1v) is 8.25. The Balaban J connectivity index is 2.29. The summed E-state index contributed by atoms with van der Waals surface area (Å²) in [6.07, 6.45) is 4.33. The van der Waals surface area contributed by atoms with E-state index in [1.807, 2.05) is 13.8 Å². The van der Waals surface area contributed by atoms with Gasteiger partial charge in [-0.3, -0.25) is 0 Å². The molecule has 1 aromatic rings. The maximum absolute atomic E-state index is 12.6. The van der Waals surface area contributed by atoms with E-state index in [0.717, 1.165) is 25.8 Å². The summed E-state index contributed by atoms with van der Waals surface area (Å²) in [5.41, 5.74) is 0. The fourth-order valence-electron chi connectivity index (χ4n) is 2.07. The minimum atomic E-state index is -3.39. The SMILES string of the molecule is CCCN(C1CC1)S(=O)(=O)c1ccnc(NCC)c1. The van der Waals surface area contributed by atoms with Gasteiger partial charge >= 0.3 is 0 Å². The van der Waals surface area contributed by atoms with Crippen LogP contribution in [0.3, 0.4) is 0 Å². The number of anilines is 1. The summed E-state index contributed by atoms with van der Waals surface area (Å²) in [5, 5.41) is 3.04. The van der Waals surface area contributed by atoms with E-state index in [0.29, 0.717) is 17.3 Å². The number of hydrogen-bond acceptors (Lipinski definition) is 4. The van der Waals surface area contributed by atoms with Crippen LogP contribution in [0.5, 0.6) is 0 Å². The summed E-state index contributed by atoms with van der Waals surface area (Å²) in [6.45, 7) is 5.27. The van der Waals surface area contributed by atoms with Gasteiger partial charge in [-0.1, -0.05) is 6.92 Å². The van der Waals surface area contributed by atoms with Crippen LogP contribution in [0.25, 0.3) is 0 Å². The molecule has 6 heteroatoms. The first-order chi connectivity index (χ1) is 9.09. The van der Waals surface area contributed by atoms with E-state index in [1.165, 1.54) is 0 Å². The van der Waals surface area contributed by atoms with Crippen molar-refractivity contribution in [2.75, 3.05) is 18.4 Å². The molecule has 5 nitrogen and oxygen atoms in total. The van der Waals surface area contributed by atoms with Crippen molar-refractivity contribution >= 4 is 15.8 Å². The molecule has 1 fully saturated rings. The van der Waals surface area contributed by atoms with Crippen LogP contribution in [-0.2, 0) is 10.0 Å². The Morgan fingerprint density at radius 2 is 2.16 bits per heavy atom. The summed E-state index contributed by atoms with van der Waals surface area (Å²) in [4.78, 5) is 4.45. The zero-order chi connectivity index (χ0) is 13.9. The van der Waals surface area contributed by atoms with Crippen molar-refractivity contribution in [1.82, 2.24) is 9.29 Å². The van der Waals surface area contributed by atoms with Crippen LogP contribution in [0.4, 0.5) is 5.82 Å². The third-order valence-corrected chi connectivity index (χ3v) is 5.04. The van der Waals surface area contributed by atoms with Crippen molar-refractivity contribution in [1.29, 1.82) is 0 Å². The molecule has 0 spiro atoms. The van der Waals surface area contributed by atoms with Crippen LogP contribution < -0.4 is 5.32 Å². The maximum Gasteiger partial charge on any atom is 0.243 e. The Hall–Kier alpha value is -1.14. The molecule has 2 rings (SSSR count). The van der Waals surface area contributed by atoms with Crippen molar-refractivity contribution < 1.29 is 8.42 Å². The topological polar surface area (TPSA) is 62.3 Å². The molecule has 0 saturated heterocycles. The highest BCUT2D eigenvalue weighted by molar-refractivity contribution is 7.89. The molecule has 1 N–H and O–H groups in total. The smallest absolute Gasteiger partial charge is 0.243 e. The Morgan fingerprint density at radius 3 is 2.74 bits per heavy atom. The molecule has 0 radical (unpaired) electrons. The van der Waals surface area contributed by atoms with Gasteiger partial charge in [0.05, 0.1) is 4.90 Å². The lowest BCUT2D eigenvalue weighted by atomic mass is 10.4. The number of nitrogens with one attached hydrogen (secondary N) is 1. The molecule has 1 aromatic heterocycles. The van der Waals surface area contributed by atoms with Gasteiger partial charge < -0.3 is 5.32 Å². The third-order valence-electron chi connectivity index (χ3n) is 3.09. The number of hydrogen-bond donors (Lipinski definition) is 1. The van der Waals surface area contributed by atoms with Crippen molar-refractivity contribution in [2.45, 2.75) is 44.0 Å². The number of sulfonamides is 1. The molecule has 19 heavy (non-hydrogen) atoms. The Bertz CT molecular complexity index is 526. The molecule has 1 aliphatic carbocycles. The van der Waals surface area contributed by atoms with Crippen LogP contribution in [-0.4, -0.2) is 36.8 Å². The molecule has 0 aromatic carbocycles. The fraction of sp³-hybridized carbons (Fsp3) is 0.615. The molecule has 1 saturated carbocycles. The molecule has 1 heterocycles. The monoisotopic (exact) mass is 283 g/mol. The first-order valence-electron chi connectivity index (χ1n) is 6.81. The van der Waals surface area contributed by atoms with Crippen LogP contribution in [0.1, 0.15) is 33.1 Å². The average Bonchev–Trinajstić information content (AvgIpc) is 3.21. The lowest BCUT2D eigenvalue weighted by Gasteiger charge is -2.21. The molecule has 0 amide bonds. The molecule has 0 atom stereocenters. The lowest BCUT2D eigenvalue weighted by Crippen LogP contribution is -2.33. The third kappa shape index (κ3) is 3.25. The Kier molecular flexibility index (Phi) is 4.42. The molecule has 1 aliphatic rings. The normalized spacial score (nSPS) is 15.7. The van der Waals surface area contributed by atoms with E-state index in [1.54, 1.807) is 22.6 Å². The van der Waals surface area contributed by atoms with Gasteiger partial charge in [0.2, 0.25) is 10.0 Å². The molecular weight excluding hydrogens is 262 g/mol. The average molecular weight is 283 g/mol. The van der Waals surface area contributed by atoms with E-state index < -0.39 is 10.0 Å². The minimum absolute atomic E-state index is 0.195. The maximum atomic E-state index is 12.6. The predicted octanol–water partition coefficient (Wildman–Crippen LogP) is 2.08. The fourth-order valence-corrected chi connectivity index (χ4v) is 3.86. The molecule has 0 unspecified atom stereocenters. The van der Waals surface area contributed by atoms with E-state index >= 15 is 0 Å². The molecule has 106 valence electrons. The zero-order valence-corrected chi connectivity index (χ0v) is 12.3. The molecular formula is C13H21N3O2S. The largest absolute Gasteiger partial charge is 0.370 e. The van der Waals surface area contributed by atoms with E-state index in [9.17, 15) is 8.42 Å². The minimum Gasteiger partial charge on any atom is -0.370 e. The van der Waals surface area contributed by atoms with Crippen LogP contribution >= 0.6 is 0 Å². The van der Waals surface area contributed by atoms with Gasteiger partial charge in [-0.15, -0.1) is 0 Å². The van der Waals surface area contributed by atoms with Crippen LogP contribution in [0.2, 0.25) is 0 Å². The quantitative estimate of drug-likeness (QED) is 0.832. The van der Waals surface area contributed by atoms with Gasteiger partial charge in [0, 0.05) is 31.4 Å². The summed E-state index contributed by atoms with van der Waals surface area (Å²) in [5.74, 6) is 0.607. The van der Waals surface area contributed by atoms with Crippen molar-refractivity contribution in [3.8, 4) is 0 Å². The standard InChI is InChI=1S/C13H21N3O2S/c1-3-9-16(11-5-6-11)19(17,18)12-7-8-15-13(10-12)14-4-2/h7-8,10-11H,3-6,9H2,1-2H3,(H,14,15). The summed E-state index contributed by atoms with van der Waals surface area (Å²) in [7, 11) is -3.39. The number of aromatic nitrogens is 1. The lowest BCUT2D eigenvalue weighted by molar-refractivity contribution is 0.403. The van der Waals surface area contributed by atoms with Crippen LogP contribution in [0.15, 0.2) is 23.2 Å². The molecule has 0 aliphatic heterocycles. The van der Waals surface area contributed by atoms with Gasteiger partial charge in [0.15, 0.2) is 0 Å². The van der Waals surface area contributed by atoms with Crippen molar-refractivity contribution in [3.63, 3.8) is 0 Å². The highest BCUT2D eigenvalue weighted by atomic mass is 32.2. The summed E-state index contributed by atoms with van der Waals surface area (Å²) < 4.78 is 26.9. The number of rotatable bonds is 7. The highest BCUT2D eigenvalue weighted by Crippen LogP contribution is 2.32. The second kappa shape index (κ2) is 5.88. The summed E-state index contributed by atoms with van der Waals surface area (Å²) >= 11 is 0. The first kappa shape index (κ1) is 14.3. The second-order valence-electron chi connectivity index (χ2n) is 4.75. The Morgan fingerprint density at radius 1 is 1.42 bits per heavy atom. The van der Waals surface area contributed by atoms with E-state index in [4.69, 9.17) is 0 Å². The van der Waals surface area contributed by atoms with Gasteiger partial charge in [-0.05, 0) is 32.3 Å². The van der Waals surface area contributed by atoms with Gasteiger partial charge in [-0.2, -0.15) is 4.31 Å². The number of pyridine rings is 1. The van der Waals surface area contributed by atoms with Gasteiger partial charge in [0.1, 0.15) is 5.82 Å². The van der Waals surface area contributed by atoms with Gasteiger partial charge in [-0.25, -0.2) is 13.4 Å². The molecule has 0 bridgehead atoms. The van der Waals surface area contributed by atoms with E-state index in [2.05, 4.69) is 10.3 Å². The van der Waals surface area contributed by atoms with Gasteiger partial charge in [0.25, 0.3) is 0 Å². The number of nitrogens with zero attached hydrogens (tertiary/aromatic N) is 2. The van der Waals surface area contributed by atoms with E-state index in [-0.39, 0.29) is 6.04 Å². The summed E-state index contributed by atoms with van der Waals surface area (Å²) in [6, 6.07) is 3.38. The highest BCUT2D eigenvalue weighted by Gasteiger charge is 2.37. The van der Waals surface area contributed by atoms with Crippen molar-refractivity contribution in [3.05, 3.63) is 18.3 Å². The zero-order valence-electron chi connectivity index (χ0n) is 11.5. The second-order valence-corrected chi connectivity index (χ2v) is 6.64. The van der Waals surface area contributed by atoms with Crippen LogP contribution in [0, 0.1) is 0 Å². The Labute approximate surface area is 115 Å². The van der Waals surface area contributed by atoms with Crippen molar-refractivity contribution in [2.24, 2.45) is 0 Å².